The third-order valence-electron chi connectivity index (χ3n) is 6.03. The van der Waals surface area contributed by atoms with E-state index in [9.17, 15) is 9.59 Å². The first-order valence-corrected chi connectivity index (χ1v) is 11.6. The predicted molar refractivity (Wildman–Crippen MR) is 126 cm³/mol. The average Bonchev–Trinajstić information content (AvgIpc) is 2.82. The van der Waals surface area contributed by atoms with E-state index in [4.69, 9.17) is 21.4 Å². The summed E-state index contributed by atoms with van der Waals surface area (Å²) >= 11 is 6.03. The van der Waals surface area contributed by atoms with E-state index in [1.165, 1.54) is 0 Å². The van der Waals surface area contributed by atoms with Crippen LogP contribution < -0.4 is 5.56 Å². The highest BCUT2D eigenvalue weighted by Crippen LogP contribution is 2.24. The predicted octanol–water partition coefficient (Wildman–Crippen LogP) is 4.23. The summed E-state index contributed by atoms with van der Waals surface area (Å²) < 4.78 is 6.71. The fourth-order valence-corrected chi connectivity index (χ4v) is 4.44. The van der Waals surface area contributed by atoms with Gasteiger partial charge in [-0.25, -0.2) is 4.68 Å². The van der Waals surface area contributed by atoms with Gasteiger partial charge >= 0.3 is 5.97 Å². The van der Waals surface area contributed by atoms with Crippen molar-refractivity contribution in [1.29, 1.82) is 0 Å². The van der Waals surface area contributed by atoms with Gasteiger partial charge in [0.25, 0.3) is 5.56 Å². The Balaban J connectivity index is 1.54. The van der Waals surface area contributed by atoms with Crippen molar-refractivity contribution in [2.75, 3.05) is 26.2 Å². The largest absolute Gasteiger partial charge is 0.466 e. The molecule has 0 amide bonds. The second-order valence-corrected chi connectivity index (χ2v) is 8.61. The van der Waals surface area contributed by atoms with Crippen LogP contribution in [0.3, 0.4) is 0 Å². The van der Waals surface area contributed by atoms with Crippen LogP contribution in [-0.4, -0.2) is 46.9 Å². The molecule has 1 aliphatic rings. The van der Waals surface area contributed by atoms with Crippen molar-refractivity contribution in [3.05, 3.63) is 75.2 Å². The molecule has 0 aliphatic carbocycles. The van der Waals surface area contributed by atoms with Crippen molar-refractivity contribution in [2.24, 2.45) is 0 Å². The minimum Gasteiger partial charge on any atom is -0.466 e. The molecule has 1 saturated heterocycles. The number of benzene rings is 2. The van der Waals surface area contributed by atoms with E-state index in [1.54, 1.807) is 4.68 Å². The highest BCUT2D eigenvalue weighted by Gasteiger charge is 2.24. The lowest BCUT2D eigenvalue weighted by Crippen LogP contribution is -2.39. The fraction of sp³-hybridized carbons (Fsp3) is 0.400. The zero-order valence-corrected chi connectivity index (χ0v) is 19.1. The van der Waals surface area contributed by atoms with Gasteiger partial charge in [-0.3, -0.25) is 9.59 Å². The lowest BCUT2D eigenvalue weighted by molar-refractivity contribution is -0.143. The molecule has 0 saturated carbocycles. The Morgan fingerprint density at radius 3 is 2.47 bits per heavy atom. The monoisotopic (exact) mass is 453 g/mol. The standard InChI is InChI=1S/C25H28ClN3O3/c1-2-32-24(30)13-16-28-14-11-20(12-15-28)29-25(31)22-6-4-3-5-21(22)23(27-29)17-18-7-9-19(26)10-8-18/h3-10,20H,2,11-17H2,1H3. The molecular formula is C25H28ClN3O3. The zero-order chi connectivity index (χ0) is 22.5. The second-order valence-electron chi connectivity index (χ2n) is 8.17. The maximum Gasteiger partial charge on any atom is 0.307 e. The van der Waals surface area contributed by atoms with E-state index in [1.807, 2.05) is 55.5 Å². The Kier molecular flexibility index (Phi) is 7.22. The molecule has 32 heavy (non-hydrogen) atoms. The molecule has 168 valence electrons. The maximum absolute atomic E-state index is 13.3. The van der Waals surface area contributed by atoms with Gasteiger partial charge in [-0.05, 0) is 43.5 Å². The second kappa shape index (κ2) is 10.3. The summed E-state index contributed by atoms with van der Waals surface area (Å²) in [7, 11) is 0. The van der Waals surface area contributed by atoms with E-state index in [2.05, 4.69) is 4.90 Å². The molecule has 4 rings (SSSR count). The van der Waals surface area contributed by atoms with Crippen LogP contribution in [0.25, 0.3) is 10.8 Å². The van der Waals surface area contributed by atoms with Crippen molar-refractivity contribution in [1.82, 2.24) is 14.7 Å². The van der Waals surface area contributed by atoms with Crippen molar-refractivity contribution in [2.45, 2.75) is 38.6 Å². The van der Waals surface area contributed by atoms with Crippen LogP contribution in [0, 0.1) is 0 Å². The third-order valence-corrected chi connectivity index (χ3v) is 6.28. The molecular weight excluding hydrogens is 426 g/mol. The molecule has 0 N–H and O–H groups in total. The number of esters is 1. The quantitative estimate of drug-likeness (QED) is 0.501. The molecule has 1 aromatic heterocycles. The van der Waals surface area contributed by atoms with Crippen LogP contribution in [0.15, 0.2) is 53.3 Å². The Bertz CT molecular complexity index is 1140. The van der Waals surface area contributed by atoms with Crippen LogP contribution in [0.1, 0.15) is 43.5 Å². The van der Waals surface area contributed by atoms with Gasteiger partial charge < -0.3 is 9.64 Å². The average molecular weight is 454 g/mol. The number of likely N-dealkylation sites (tertiary alicyclic amines) is 1. The molecule has 1 fully saturated rings. The Morgan fingerprint density at radius 2 is 1.78 bits per heavy atom. The first-order valence-electron chi connectivity index (χ1n) is 11.2. The van der Waals surface area contributed by atoms with Crippen LogP contribution in [0.5, 0.6) is 0 Å². The smallest absolute Gasteiger partial charge is 0.307 e. The SMILES string of the molecule is CCOC(=O)CCN1CCC(n2nc(Cc3ccc(Cl)cc3)c3ccccc3c2=O)CC1. The number of hydrogen-bond donors (Lipinski definition) is 0. The summed E-state index contributed by atoms with van der Waals surface area (Å²) in [5.41, 5.74) is 1.96. The summed E-state index contributed by atoms with van der Waals surface area (Å²) in [6.07, 6.45) is 2.69. The van der Waals surface area contributed by atoms with Gasteiger partial charge in [-0.1, -0.05) is 41.9 Å². The van der Waals surface area contributed by atoms with Crippen molar-refractivity contribution < 1.29 is 9.53 Å². The van der Waals surface area contributed by atoms with E-state index >= 15 is 0 Å². The molecule has 3 aromatic rings. The molecule has 2 aromatic carbocycles. The van der Waals surface area contributed by atoms with Crippen LogP contribution in [0.4, 0.5) is 0 Å². The topological polar surface area (TPSA) is 64.4 Å². The normalized spacial score (nSPS) is 15.2. The Morgan fingerprint density at radius 1 is 1.09 bits per heavy atom. The van der Waals surface area contributed by atoms with Gasteiger partial charge in [-0.2, -0.15) is 5.10 Å². The van der Waals surface area contributed by atoms with E-state index < -0.39 is 0 Å². The molecule has 0 spiro atoms. The van der Waals surface area contributed by atoms with Gasteiger partial charge in [0, 0.05) is 36.5 Å². The van der Waals surface area contributed by atoms with Crippen molar-refractivity contribution in [3.8, 4) is 0 Å². The molecule has 7 heteroatoms. The van der Waals surface area contributed by atoms with Gasteiger partial charge in [-0.15, -0.1) is 0 Å². The van der Waals surface area contributed by atoms with E-state index in [-0.39, 0.29) is 17.6 Å². The number of hydrogen-bond acceptors (Lipinski definition) is 5. The molecule has 0 bridgehead atoms. The number of piperidine rings is 1. The summed E-state index contributed by atoms with van der Waals surface area (Å²) in [5.74, 6) is -0.158. The lowest BCUT2D eigenvalue weighted by atomic mass is 10.0. The van der Waals surface area contributed by atoms with E-state index in [0.29, 0.717) is 36.4 Å². The Hall–Kier alpha value is -2.70. The zero-order valence-electron chi connectivity index (χ0n) is 18.3. The molecule has 0 atom stereocenters. The number of nitrogens with zero attached hydrogens (tertiary/aromatic N) is 3. The first-order chi connectivity index (χ1) is 15.5. The highest BCUT2D eigenvalue weighted by molar-refractivity contribution is 6.30. The molecule has 6 nitrogen and oxygen atoms in total. The Labute approximate surface area is 192 Å². The molecule has 1 aliphatic heterocycles. The van der Waals surface area contributed by atoms with E-state index in [0.717, 1.165) is 42.6 Å². The number of ether oxygens (including phenoxy) is 1. The van der Waals surface area contributed by atoms with Gasteiger partial charge in [0.15, 0.2) is 0 Å². The highest BCUT2D eigenvalue weighted by atomic mass is 35.5. The molecule has 0 radical (unpaired) electrons. The lowest BCUT2D eigenvalue weighted by Gasteiger charge is -2.32. The van der Waals surface area contributed by atoms with Gasteiger partial charge in [0.05, 0.1) is 30.1 Å². The number of carbonyl (C=O) groups is 1. The van der Waals surface area contributed by atoms with Crippen LogP contribution in [0.2, 0.25) is 5.02 Å². The number of aromatic nitrogens is 2. The summed E-state index contributed by atoms with van der Waals surface area (Å²) in [6.45, 7) is 4.58. The van der Waals surface area contributed by atoms with Crippen molar-refractivity contribution in [3.63, 3.8) is 0 Å². The molecule has 2 heterocycles. The van der Waals surface area contributed by atoms with Crippen LogP contribution >= 0.6 is 11.6 Å². The van der Waals surface area contributed by atoms with Crippen LogP contribution in [-0.2, 0) is 16.0 Å². The maximum atomic E-state index is 13.3. The fourth-order valence-electron chi connectivity index (χ4n) is 4.32. The molecule has 0 unspecified atom stereocenters. The van der Waals surface area contributed by atoms with Crippen molar-refractivity contribution >= 4 is 28.3 Å². The minimum atomic E-state index is -0.158. The third kappa shape index (κ3) is 5.19. The minimum absolute atomic E-state index is 0.0366. The summed E-state index contributed by atoms with van der Waals surface area (Å²) in [5, 5.41) is 7.15. The van der Waals surface area contributed by atoms with Gasteiger partial charge in [0.2, 0.25) is 0 Å². The number of fused-ring (bicyclic) bond motifs is 1. The first kappa shape index (κ1) is 22.5. The number of carbonyl (C=O) groups excluding carboxylic acids is 1. The van der Waals surface area contributed by atoms with Gasteiger partial charge in [0.1, 0.15) is 0 Å². The number of halogens is 1. The summed E-state index contributed by atoms with van der Waals surface area (Å²) in [6, 6.07) is 15.5. The number of rotatable bonds is 7. The summed E-state index contributed by atoms with van der Waals surface area (Å²) in [4.78, 5) is 27.1.